The van der Waals surface area contributed by atoms with Gasteiger partial charge in [0.2, 0.25) is 0 Å². The molecule has 90 valence electrons. The lowest BCUT2D eigenvalue weighted by molar-refractivity contribution is 1.09. The van der Waals surface area contributed by atoms with Gasteiger partial charge in [0.1, 0.15) is 0 Å². The molecule has 2 aromatic rings. The molecule has 0 aliphatic heterocycles. The molecule has 0 fully saturated rings. The van der Waals surface area contributed by atoms with Crippen molar-refractivity contribution in [1.29, 1.82) is 5.26 Å². The van der Waals surface area contributed by atoms with Gasteiger partial charge in [0.15, 0.2) is 0 Å². The Bertz CT molecular complexity index is 602. The summed E-state index contributed by atoms with van der Waals surface area (Å²) in [6, 6.07) is 9.69. The molecule has 3 nitrogen and oxygen atoms in total. The average Bonchev–Trinajstić information content (AvgIpc) is 2.37. The SMILES string of the molecule is Cc1cncc(CNc2ccc(C#N)cc2Br)c1. The van der Waals surface area contributed by atoms with Crippen LogP contribution in [0.2, 0.25) is 0 Å². The zero-order valence-corrected chi connectivity index (χ0v) is 11.5. The summed E-state index contributed by atoms with van der Waals surface area (Å²) in [6.07, 6.45) is 3.68. The standard InChI is InChI=1S/C14H12BrN3/c1-10-4-12(8-17-7-10)9-18-14-3-2-11(6-16)5-13(14)15/h2-5,7-8,18H,9H2,1H3. The molecule has 1 heterocycles. The molecule has 0 bridgehead atoms. The van der Waals surface area contributed by atoms with Crippen molar-refractivity contribution in [2.24, 2.45) is 0 Å². The van der Waals surface area contributed by atoms with E-state index < -0.39 is 0 Å². The van der Waals surface area contributed by atoms with Gasteiger partial charge < -0.3 is 5.32 Å². The second-order valence-corrected chi connectivity index (χ2v) is 4.88. The van der Waals surface area contributed by atoms with Crippen LogP contribution >= 0.6 is 15.9 Å². The predicted molar refractivity (Wildman–Crippen MR) is 75.2 cm³/mol. The number of pyridine rings is 1. The Kier molecular flexibility index (Phi) is 3.96. The largest absolute Gasteiger partial charge is 0.380 e. The summed E-state index contributed by atoms with van der Waals surface area (Å²) < 4.78 is 0.891. The Hall–Kier alpha value is -1.86. The molecule has 0 saturated carbocycles. The maximum absolute atomic E-state index is 8.79. The molecule has 1 aromatic carbocycles. The number of hydrogen-bond donors (Lipinski definition) is 1. The third-order valence-corrected chi connectivity index (χ3v) is 3.17. The fourth-order valence-corrected chi connectivity index (χ4v) is 2.16. The first-order valence-electron chi connectivity index (χ1n) is 5.53. The second kappa shape index (κ2) is 5.65. The van der Waals surface area contributed by atoms with Crippen LogP contribution in [0, 0.1) is 18.3 Å². The number of rotatable bonds is 3. The van der Waals surface area contributed by atoms with Crippen LogP contribution in [0.15, 0.2) is 41.1 Å². The molecule has 2 rings (SSSR count). The molecule has 0 aliphatic carbocycles. The number of benzene rings is 1. The Morgan fingerprint density at radius 3 is 2.83 bits per heavy atom. The molecule has 0 spiro atoms. The van der Waals surface area contributed by atoms with Crippen LogP contribution < -0.4 is 5.32 Å². The van der Waals surface area contributed by atoms with Crippen molar-refractivity contribution < 1.29 is 0 Å². The molecule has 0 radical (unpaired) electrons. The van der Waals surface area contributed by atoms with E-state index in [0.717, 1.165) is 21.3 Å². The van der Waals surface area contributed by atoms with E-state index in [1.807, 2.05) is 25.4 Å². The van der Waals surface area contributed by atoms with E-state index in [0.29, 0.717) is 12.1 Å². The van der Waals surface area contributed by atoms with E-state index in [9.17, 15) is 0 Å². The summed E-state index contributed by atoms with van der Waals surface area (Å²) >= 11 is 3.45. The van der Waals surface area contributed by atoms with E-state index in [1.165, 1.54) is 0 Å². The van der Waals surface area contributed by atoms with Gasteiger partial charge in [-0.25, -0.2) is 0 Å². The summed E-state index contributed by atoms with van der Waals surface area (Å²) in [5.74, 6) is 0. The Morgan fingerprint density at radius 1 is 1.33 bits per heavy atom. The summed E-state index contributed by atoms with van der Waals surface area (Å²) in [6.45, 7) is 2.73. The highest BCUT2D eigenvalue weighted by Gasteiger charge is 2.01. The van der Waals surface area contributed by atoms with Gasteiger partial charge in [0.25, 0.3) is 0 Å². The van der Waals surface area contributed by atoms with Crippen molar-refractivity contribution in [3.05, 3.63) is 57.8 Å². The highest BCUT2D eigenvalue weighted by molar-refractivity contribution is 9.10. The first kappa shape index (κ1) is 12.6. The lowest BCUT2D eigenvalue weighted by Gasteiger charge is -2.09. The number of nitrogens with one attached hydrogen (secondary N) is 1. The van der Waals surface area contributed by atoms with Crippen LogP contribution in [0.3, 0.4) is 0 Å². The van der Waals surface area contributed by atoms with Crippen molar-refractivity contribution in [3.8, 4) is 6.07 Å². The highest BCUT2D eigenvalue weighted by Crippen LogP contribution is 2.23. The first-order valence-corrected chi connectivity index (χ1v) is 6.32. The van der Waals surface area contributed by atoms with Gasteiger partial charge in [0, 0.05) is 29.1 Å². The van der Waals surface area contributed by atoms with Crippen molar-refractivity contribution in [2.45, 2.75) is 13.5 Å². The molecule has 1 N–H and O–H groups in total. The van der Waals surface area contributed by atoms with E-state index in [-0.39, 0.29) is 0 Å². The Morgan fingerprint density at radius 2 is 2.17 bits per heavy atom. The summed E-state index contributed by atoms with van der Waals surface area (Å²) in [4.78, 5) is 4.15. The lowest BCUT2D eigenvalue weighted by Crippen LogP contribution is -2.01. The summed E-state index contributed by atoms with van der Waals surface area (Å²) in [5.41, 5.74) is 3.89. The zero-order chi connectivity index (χ0) is 13.0. The van der Waals surface area contributed by atoms with Gasteiger partial charge in [-0.2, -0.15) is 5.26 Å². The predicted octanol–water partition coefficient (Wildman–Crippen LogP) is 3.64. The van der Waals surface area contributed by atoms with Crippen LogP contribution in [0.25, 0.3) is 0 Å². The molecule has 0 atom stereocenters. The van der Waals surface area contributed by atoms with Gasteiger partial charge in [-0.1, -0.05) is 6.07 Å². The molecule has 0 aliphatic rings. The molecule has 4 heteroatoms. The van der Waals surface area contributed by atoms with Gasteiger partial charge >= 0.3 is 0 Å². The minimum atomic E-state index is 0.643. The van der Waals surface area contributed by atoms with Gasteiger partial charge in [-0.15, -0.1) is 0 Å². The van der Waals surface area contributed by atoms with Crippen LogP contribution in [0.4, 0.5) is 5.69 Å². The maximum atomic E-state index is 8.79. The van der Waals surface area contributed by atoms with Gasteiger partial charge in [0.05, 0.1) is 11.6 Å². The summed E-state index contributed by atoms with van der Waals surface area (Å²) in [5, 5.41) is 12.1. The quantitative estimate of drug-likeness (QED) is 0.941. The average molecular weight is 302 g/mol. The normalized spacial score (nSPS) is 9.83. The molecular formula is C14H12BrN3. The number of nitriles is 1. The number of aryl methyl sites for hydroxylation is 1. The minimum Gasteiger partial charge on any atom is -0.380 e. The Labute approximate surface area is 115 Å². The van der Waals surface area contributed by atoms with Gasteiger partial charge in [-0.3, -0.25) is 4.98 Å². The van der Waals surface area contributed by atoms with Crippen molar-refractivity contribution in [1.82, 2.24) is 4.98 Å². The fraction of sp³-hybridized carbons (Fsp3) is 0.143. The molecule has 0 amide bonds. The lowest BCUT2D eigenvalue weighted by atomic mass is 10.2. The molecule has 1 aromatic heterocycles. The van der Waals surface area contributed by atoms with E-state index in [2.05, 4.69) is 38.4 Å². The van der Waals surface area contributed by atoms with Crippen LogP contribution in [0.1, 0.15) is 16.7 Å². The van der Waals surface area contributed by atoms with Gasteiger partial charge in [-0.05, 0) is 52.2 Å². The number of nitrogens with zero attached hydrogens (tertiary/aromatic N) is 2. The maximum Gasteiger partial charge on any atom is 0.0992 e. The van der Waals surface area contributed by atoms with Crippen LogP contribution in [0.5, 0.6) is 0 Å². The second-order valence-electron chi connectivity index (χ2n) is 4.03. The molecule has 0 saturated heterocycles. The van der Waals surface area contributed by atoms with E-state index in [4.69, 9.17) is 5.26 Å². The van der Waals surface area contributed by atoms with Crippen molar-refractivity contribution in [3.63, 3.8) is 0 Å². The molecular weight excluding hydrogens is 290 g/mol. The van der Waals surface area contributed by atoms with Crippen LogP contribution in [-0.4, -0.2) is 4.98 Å². The molecule has 0 unspecified atom stereocenters. The fourth-order valence-electron chi connectivity index (χ4n) is 1.64. The number of aromatic nitrogens is 1. The molecule has 18 heavy (non-hydrogen) atoms. The van der Waals surface area contributed by atoms with E-state index in [1.54, 1.807) is 12.1 Å². The van der Waals surface area contributed by atoms with E-state index >= 15 is 0 Å². The minimum absolute atomic E-state index is 0.643. The highest BCUT2D eigenvalue weighted by atomic mass is 79.9. The number of halogens is 1. The third kappa shape index (κ3) is 3.08. The third-order valence-electron chi connectivity index (χ3n) is 2.51. The monoisotopic (exact) mass is 301 g/mol. The topological polar surface area (TPSA) is 48.7 Å². The van der Waals surface area contributed by atoms with Crippen molar-refractivity contribution >= 4 is 21.6 Å². The number of hydrogen-bond acceptors (Lipinski definition) is 3. The first-order chi connectivity index (χ1) is 8.69. The van der Waals surface area contributed by atoms with Crippen LogP contribution in [-0.2, 0) is 6.54 Å². The zero-order valence-electron chi connectivity index (χ0n) is 9.94. The Balaban J connectivity index is 2.09. The van der Waals surface area contributed by atoms with Crippen molar-refractivity contribution in [2.75, 3.05) is 5.32 Å². The smallest absolute Gasteiger partial charge is 0.0992 e. The number of anilines is 1. The summed E-state index contributed by atoms with van der Waals surface area (Å²) in [7, 11) is 0.